The number of rotatable bonds is 6. The van der Waals surface area contributed by atoms with E-state index >= 15 is 0 Å². The van der Waals surface area contributed by atoms with E-state index in [0.717, 1.165) is 15.4 Å². The molecule has 0 radical (unpaired) electrons. The van der Waals surface area contributed by atoms with Gasteiger partial charge in [0.2, 0.25) is 6.29 Å². The van der Waals surface area contributed by atoms with Gasteiger partial charge in [-0.15, -0.1) is 11.3 Å². The lowest BCUT2D eigenvalue weighted by molar-refractivity contribution is -0.0442. The zero-order chi connectivity index (χ0) is 16.9. The molecule has 1 unspecified atom stereocenters. The van der Waals surface area contributed by atoms with Crippen LogP contribution >= 0.6 is 11.3 Å². The largest absolute Gasteiger partial charge is 0.453 e. The molecule has 7 heteroatoms. The summed E-state index contributed by atoms with van der Waals surface area (Å²) in [6.07, 6.45) is 0.901. The summed E-state index contributed by atoms with van der Waals surface area (Å²) < 4.78 is 21.5. The maximum Gasteiger partial charge on any atom is 0.338 e. The topological polar surface area (TPSA) is 66.9 Å². The number of ether oxygens (including phenoxy) is 4. The number of aromatic nitrogens is 1. The van der Waals surface area contributed by atoms with Crippen molar-refractivity contribution in [1.82, 2.24) is 4.98 Å². The van der Waals surface area contributed by atoms with E-state index in [-0.39, 0.29) is 5.97 Å². The van der Waals surface area contributed by atoms with Crippen LogP contribution in [0, 0.1) is 0 Å². The molecular weight excluding hydrogens is 330 g/mol. The van der Waals surface area contributed by atoms with Crippen molar-refractivity contribution in [3.63, 3.8) is 0 Å². The minimum absolute atomic E-state index is 0.372. The number of carbonyl (C=O) groups is 1. The van der Waals surface area contributed by atoms with Crippen molar-refractivity contribution >= 4 is 17.3 Å². The van der Waals surface area contributed by atoms with Crippen molar-refractivity contribution in [3.05, 3.63) is 51.5 Å². The van der Waals surface area contributed by atoms with Crippen molar-refractivity contribution in [1.29, 1.82) is 0 Å². The number of nitrogens with zero attached hydrogens (tertiary/aromatic N) is 1. The smallest absolute Gasteiger partial charge is 0.338 e. The zero-order valence-corrected chi connectivity index (χ0v) is 14.4. The highest BCUT2D eigenvalue weighted by Crippen LogP contribution is 2.31. The third-order valence-electron chi connectivity index (χ3n) is 3.52. The first kappa shape index (κ1) is 17.0. The van der Waals surface area contributed by atoms with Gasteiger partial charge in [-0.2, -0.15) is 0 Å². The normalized spacial score (nSPS) is 16.2. The Balaban J connectivity index is 1.64. The van der Waals surface area contributed by atoms with E-state index in [2.05, 4.69) is 4.98 Å². The summed E-state index contributed by atoms with van der Waals surface area (Å²) in [4.78, 5) is 17.5. The van der Waals surface area contributed by atoms with Crippen LogP contribution in [0.2, 0.25) is 0 Å². The van der Waals surface area contributed by atoms with Gasteiger partial charge in [-0.3, -0.25) is 0 Å². The minimum Gasteiger partial charge on any atom is -0.453 e. The number of hydrogen-bond acceptors (Lipinski definition) is 7. The highest BCUT2D eigenvalue weighted by molar-refractivity contribution is 7.11. The van der Waals surface area contributed by atoms with Gasteiger partial charge in [-0.25, -0.2) is 9.78 Å². The molecule has 24 heavy (non-hydrogen) atoms. The van der Waals surface area contributed by atoms with Crippen molar-refractivity contribution < 1.29 is 23.7 Å². The molecule has 128 valence electrons. The van der Waals surface area contributed by atoms with Crippen LogP contribution in [0.25, 0.3) is 0 Å². The lowest BCUT2D eigenvalue weighted by atomic mass is 10.1. The Kier molecular flexibility index (Phi) is 5.57. The van der Waals surface area contributed by atoms with Crippen molar-refractivity contribution in [3.8, 4) is 0 Å². The third-order valence-corrected chi connectivity index (χ3v) is 4.70. The van der Waals surface area contributed by atoms with Crippen molar-refractivity contribution in [2.24, 2.45) is 0 Å². The second-order valence-electron chi connectivity index (χ2n) is 5.36. The zero-order valence-electron chi connectivity index (χ0n) is 13.6. The number of methoxy groups -OCH3 is 1. The fourth-order valence-electron chi connectivity index (χ4n) is 2.34. The molecule has 0 saturated carbocycles. The molecule has 2 aromatic rings. The maximum atomic E-state index is 12.3. The monoisotopic (exact) mass is 349 g/mol. The molecule has 1 atom stereocenters. The Bertz CT molecular complexity index is 696. The molecule has 1 aliphatic rings. The summed E-state index contributed by atoms with van der Waals surface area (Å²) in [6.45, 7) is 3.42. The number of thiazole rings is 1. The predicted octanol–water partition coefficient (Wildman–Crippen LogP) is 3.25. The highest BCUT2D eigenvalue weighted by atomic mass is 32.1. The van der Waals surface area contributed by atoms with Crippen molar-refractivity contribution in [2.45, 2.75) is 25.9 Å². The lowest BCUT2D eigenvalue weighted by Crippen LogP contribution is -2.08. The number of carbonyl (C=O) groups excluding carboxylic acids is 1. The SMILES string of the molecule is COCc1cccc(C(=O)OC(C)c2cnc(C3OCCO3)s2)c1. The molecule has 2 heterocycles. The van der Waals surface area contributed by atoms with Crippen LogP contribution in [0.5, 0.6) is 0 Å². The van der Waals surface area contributed by atoms with E-state index in [9.17, 15) is 4.79 Å². The Morgan fingerprint density at radius 2 is 2.21 bits per heavy atom. The number of benzene rings is 1. The molecule has 0 bridgehead atoms. The molecule has 1 fully saturated rings. The average molecular weight is 349 g/mol. The fraction of sp³-hybridized carbons (Fsp3) is 0.412. The summed E-state index contributed by atoms with van der Waals surface area (Å²) in [5.41, 5.74) is 1.43. The predicted molar refractivity (Wildman–Crippen MR) is 87.7 cm³/mol. The molecule has 1 aromatic carbocycles. The van der Waals surface area contributed by atoms with E-state index < -0.39 is 12.4 Å². The molecule has 0 amide bonds. The van der Waals surface area contributed by atoms with Gasteiger partial charge in [-0.1, -0.05) is 12.1 Å². The van der Waals surface area contributed by atoms with Gasteiger partial charge in [0.15, 0.2) is 0 Å². The molecule has 0 aliphatic carbocycles. The number of hydrogen-bond donors (Lipinski definition) is 0. The van der Waals surface area contributed by atoms with Gasteiger partial charge in [0, 0.05) is 13.3 Å². The Morgan fingerprint density at radius 1 is 1.42 bits per heavy atom. The first-order valence-electron chi connectivity index (χ1n) is 7.65. The van der Waals surface area contributed by atoms with Crippen LogP contribution in [-0.2, 0) is 25.6 Å². The van der Waals surface area contributed by atoms with Gasteiger partial charge in [-0.05, 0) is 24.6 Å². The molecule has 0 N–H and O–H groups in total. The molecule has 0 spiro atoms. The molecule has 1 aromatic heterocycles. The fourth-order valence-corrected chi connectivity index (χ4v) is 3.24. The second kappa shape index (κ2) is 7.85. The lowest BCUT2D eigenvalue weighted by Gasteiger charge is -2.12. The van der Waals surface area contributed by atoms with Crippen LogP contribution in [0.15, 0.2) is 30.5 Å². The molecule has 6 nitrogen and oxygen atoms in total. The number of esters is 1. The Hall–Kier alpha value is -1.80. The average Bonchev–Trinajstić information content (AvgIpc) is 3.26. The van der Waals surface area contributed by atoms with Gasteiger partial charge in [0.05, 0.1) is 30.3 Å². The quantitative estimate of drug-likeness (QED) is 0.746. The summed E-state index contributed by atoms with van der Waals surface area (Å²) in [5, 5.41) is 0.743. The summed E-state index contributed by atoms with van der Waals surface area (Å²) in [5.74, 6) is -0.372. The van der Waals surface area contributed by atoms with Gasteiger partial charge in [0.25, 0.3) is 0 Å². The van der Waals surface area contributed by atoms with Gasteiger partial charge in [0.1, 0.15) is 11.1 Å². The first-order valence-corrected chi connectivity index (χ1v) is 8.46. The molecule has 1 aliphatic heterocycles. The highest BCUT2D eigenvalue weighted by Gasteiger charge is 2.24. The van der Waals surface area contributed by atoms with Gasteiger partial charge < -0.3 is 18.9 Å². The Labute approximate surface area is 144 Å². The van der Waals surface area contributed by atoms with E-state index in [4.69, 9.17) is 18.9 Å². The third kappa shape index (κ3) is 3.99. The molecule has 3 rings (SSSR count). The Morgan fingerprint density at radius 3 is 2.96 bits per heavy atom. The van der Waals surface area contributed by atoms with Crippen molar-refractivity contribution in [2.75, 3.05) is 20.3 Å². The van der Waals surface area contributed by atoms with E-state index in [1.807, 2.05) is 19.1 Å². The van der Waals surface area contributed by atoms with E-state index in [1.54, 1.807) is 25.4 Å². The van der Waals surface area contributed by atoms with Crippen LogP contribution in [-0.4, -0.2) is 31.3 Å². The van der Waals surface area contributed by atoms with Crippen LogP contribution in [0.3, 0.4) is 0 Å². The first-order chi connectivity index (χ1) is 11.7. The van der Waals surface area contributed by atoms with Gasteiger partial charge >= 0.3 is 5.97 Å². The summed E-state index contributed by atoms with van der Waals surface area (Å²) >= 11 is 1.43. The maximum absolute atomic E-state index is 12.3. The standard InChI is InChI=1S/C17H19NO5S/c1-11(14-9-18-15(24-14)17-21-6-7-22-17)23-16(19)13-5-3-4-12(8-13)10-20-2/h3-5,8-9,11,17H,6-7,10H2,1-2H3. The van der Waals surface area contributed by atoms with E-state index in [1.165, 1.54) is 11.3 Å². The summed E-state index contributed by atoms with van der Waals surface area (Å²) in [7, 11) is 1.62. The molecule has 1 saturated heterocycles. The minimum atomic E-state index is -0.405. The van der Waals surface area contributed by atoms with E-state index in [0.29, 0.717) is 25.4 Å². The van der Waals surface area contributed by atoms with Crippen LogP contribution < -0.4 is 0 Å². The summed E-state index contributed by atoms with van der Waals surface area (Å²) in [6, 6.07) is 7.22. The van der Waals surface area contributed by atoms with Crippen LogP contribution in [0.4, 0.5) is 0 Å². The molecular formula is C17H19NO5S. The van der Waals surface area contributed by atoms with Crippen LogP contribution in [0.1, 0.15) is 45.1 Å². The second-order valence-corrected chi connectivity index (χ2v) is 6.45.